The number of rotatable bonds is 6. The monoisotopic (exact) mass is 213 g/mol. The maximum Gasteiger partial charge on any atom is 0.343 e. The number of hydrogen-bond donors (Lipinski definition) is 0. The van der Waals surface area contributed by atoms with Crippen molar-refractivity contribution in [3.8, 4) is 0 Å². The first-order chi connectivity index (χ1) is 7.02. The van der Waals surface area contributed by atoms with Crippen molar-refractivity contribution in [2.75, 3.05) is 20.7 Å². The summed E-state index contributed by atoms with van der Waals surface area (Å²) in [6, 6.07) is 0. The van der Waals surface area contributed by atoms with Gasteiger partial charge in [-0.2, -0.15) is 0 Å². The largest absolute Gasteiger partial charge is 0.462 e. The minimum Gasteiger partial charge on any atom is -0.462 e. The lowest BCUT2D eigenvalue weighted by Crippen LogP contribution is -2.19. The molecule has 15 heavy (non-hydrogen) atoms. The molecule has 0 radical (unpaired) electrons. The zero-order valence-corrected chi connectivity index (χ0v) is 9.87. The maximum atomic E-state index is 11.6. The molecular weight excluding hydrogens is 194 g/mol. The summed E-state index contributed by atoms with van der Waals surface area (Å²) in [7, 11) is 3.52. The molecule has 0 N–H and O–H groups in total. The molecule has 0 amide bonds. The zero-order chi connectivity index (χ0) is 11.8. The fourth-order valence-corrected chi connectivity index (χ4v) is 1.07. The quantitative estimate of drug-likeness (QED) is 0.289. The average molecular weight is 213 g/mol. The van der Waals surface area contributed by atoms with Crippen LogP contribution in [-0.4, -0.2) is 37.4 Å². The van der Waals surface area contributed by atoms with E-state index in [9.17, 15) is 9.59 Å². The minimum atomic E-state index is -0.537. The molecule has 0 spiro atoms. The van der Waals surface area contributed by atoms with E-state index in [2.05, 4.69) is 0 Å². The first-order valence-corrected chi connectivity index (χ1v) is 5.11. The van der Waals surface area contributed by atoms with Gasteiger partial charge in [0, 0.05) is 26.7 Å². The van der Waals surface area contributed by atoms with Crippen LogP contribution in [0.1, 0.15) is 26.7 Å². The molecule has 0 saturated heterocycles. The Morgan fingerprint density at radius 3 is 2.27 bits per heavy atom. The summed E-state index contributed by atoms with van der Waals surface area (Å²) in [5.74, 6) is -0.700. The Labute approximate surface area is 90.9 Å². The number of carbonyl (C=O) groups excluding carboxylic acids is 2. The summed E-state index contributed by atoms with van der Waals surface area (Å²) < 4.78 is 4.82. The van der Waals surface area contributed by atoms with Gasteiger partial charge in [-0.25, -0.2) is 4.79 Å². The van der Waals surface area contributed by atoms with Gasteiger partial charge in [0.25, 0.3) is 0 Å². The number of ketones is 1. The molecule has 0 fully saturated rings. The fraction of sp³-hybridized carbons (Fsp3) is 0.636. The molecule has 0 unspecified atom stereocenters. The number of ether oxygens (including phenoxy) is 1. The maximum absolute atomic E-state index is 11.6. The molecule has 0 saturated carbocycles. The van der Waals surface area contributed by atoms with Crippen LogP contribution >= 0.6 is 0 Å². The summed E-state index contributed by atoms with van der Waals surface area (Å²) in [4.78, 5) is 24.7. The molecule has 0 aliphatic rings. The van der Waals surface area contributed by atoms with Crippen molar-refractivity contribution in [2.45, 2.75) is 26.7 Å². The van der Waals surface area contributed by atoms with Crippen LogP contribution in [0.3, 0.4) is 0 Å². The first-order valence-electron chi connectivity index (χ1n) is 5.11. The topological polar surface area (TPSA) is 46.6 Å². The summed E-state index contributed by atoms with van der Waals surface area (Å²) in [6.45, 7) is 3.90. The third-order valence-electron chi connectivity index (χ3n) is 1.66. The zero-order valence-electron chi connectivity index (χ0n) is 9.87. The van der Waals surface area contributed by atoms with Gasteiger partial charge in [-0.1, -0.05) is 6.92 Å². The van der Waals surface area contributed by atoms with Gasteiger partial charge < -0.3 is 9.64 Å². The number of Topliss-reactive ketones (excluding diaryl/α,β-unsaturated/α-hetero) is 1. The van der Waals surface area contributed by atoms with E-state index < -0.39 is 5.97 Å². The molecule has 0 aliphatic heterocycles. The van der Waals surface area contributed by atoms with E-state index in [0.29, 0.717) is 6.42 Å². The smallest absolute Gasteiger partial charge is 0.343 e. The standard InChI is InChI=1S/C11H19NO3/c1-5-7-10(13)9(8-12(3)4)11(14)15-6-2/h8H,5-7H2,1-4H3. The minimum absolute atomic E-state index is 0.128. The molecule has 86 valence electrons. The Bertz CT molecular complexity index is 237. The van der Waals surface area contributed by atoms with E-state index in [1.54, 1.807) is 25.9 Å². The highest BCUT2D eigenvalue weighted by molar-refractivity contribution is 6.17. The molecule has 0 aromatic carbocycles. The van der Waals surface area contributed by atoms with Crippen molar-refractivity contribution in [1.82, 2.24) is 4.90 Å². The van der Waals surface area contributed by atoms with E-state index in [-0.39, 0.29) is 18.0 Å². The van der Waals surface area contributed by atoms with Gasteiger partial charge in [-0.3, -0.25) is 4.79 Å². The lowest BCUT2D eigenvalue weighted by atomic mass is 10.1. The van der Waals surface area contributed by atoms with Crippen molar-refractivity contribution >= 4 is 11.8 Å². The van der Waals surface area contributed by atoms with Crippen LogP contribution < -0.4 is 0 Å². The van der Waals surface area contributed by atoms with Crippen LogP contribution in [0, 0.1) is 0 Å². The van der Waals surface area contributed by atoms with Gasteiger partial charge in [-0.05, 0) is 13.3 Å². The number of carbonyl (C=O) groups is 2. The molecule has 4 nitrogen and oxygen atoms in total. The predicted molar refractivity (Wildman–Crippen MR) is 58.3 cm³/mol. The third kappa shape index (κ3) is 5.20. The number of esters is 1. The molecule has 0 heterocycles. The highest BCUT2D eigenvalue weighted by Gasteiger charge is 2.18. The lowest BCUT2D eigenvalue weighted by molar-refractivity contribution is -0.140. The van der Waals surface area contributed by atoms with Crippen LogP contribution in [0.4, 0.5) is 0 Å². The second kappa shape index (κ2) is 7.04. The summed E-state index contributed by atoms with van der Waals surface area (Å²) in [6.07, 6.45) is 2.61. The highest BCUT2D eigenvalue weighted by Crippen LogP contribution is 2.06. The van der Waals surface area contributed by atoms with E-state index in [1.165, 1.54) is 6.20 Å². The molecule has 4 heteroatoms. The van der Waals surface area contributed by atoms with Crippen LogP contribution in [0.2, 0.25) is 0 Å². The SMILES string of the molecule is CCCC(=O)C(=CN(C)C)C(=O)OCC. The Balaban J connectivity index is 4.73. The van der Waals surface area contributed by atoms with E-state index in [1.807, 2.05) is 6.92 Å². The summed E-state index contributed by atoms with van der Waals surface area (Å²) >= 11 is 0. The van der Waals surface area contributed by atoms with Crippen molar-refractivity contribution < 1.29 is 14.3 Å². The van der Waals surface area contributed by atoms with Gasteiger partial charge in [0.15, 0.2) is 5.78 Å². The molecule has 0 atom stereocenters. The van der Waals surface area contributed by atoms with Crippen LogP contribution in [0.15, 0.2) is 11.8 Å². The molecule has 0 aromatic rings. The summed E-state index contributed by atoms with van der Waals surface area (Å²) in [5, 5.41) is 0. The van der Waals surface area contributed by atoms with Crippen molar-refractivity contribution in [3.63, 3.8) is 0 Å². The average Bonchev–Trinajstić information content (AvgIpc) is 2.14. The predicted octanol–water partition coefficient (Wildman–Crippen LogP) is 1.36. The van der Waals surface area contributed by atoms with Gasteiger partial charge in [-0.15, -0.1) is 0 Å². The molecular formula is C11H19NO3. The van der Waals surface area contributed by atoms with E-state index >= 15 is 0 Å². The fourth-order valence-electron chi connectivity index (χ4n) is 1.07. The van der Waals surface area contributed by atoms with E-state index in [0.717, 1.165) is 6.42 Å². The Hall–Kier alpha value is -1.32. The number of hydrogen-bond acceptors (Lipinski definition) is 4. The molecule has 0 aliphatic carbocycles. The van der Waals surface area contributed by atoms with Gasteiger partial charge in [0.05, 0.1) is 6.61 Å². The first kappa shape index (κ1) is 13.7. The Morgan fingerprint density at radius 2 is 1.87 bits per heavy atom. The van der Waals surface area contributed by atoms with Gasteiger partial charge in [0.1, 0.15) is 5.57 Å². The summed E-state index contributed by atoms with van der Waals surface area (Å²) in [5.41, 5.74) is 0.128. The van der Waals surface area contributed by atoms with Gasteiger partial charge in [0.2, 0.25) is 0 Å². The van der Waals surface area contributed by atoms with Crippen LogP contribution in [0.25, 0.3) is 0 Å². The van der Waals surface area contributed by atoms with Crippen molar-refractivity contribution in [3.05, 3.63) is 11.8 Å². The van der Waals surface area contributed by atoms with Crippen LogP contribution in [0.5, 0.6) is 0 Å². The molecule has 0 rings (SSSR count). The van der Waals surface area contributed by atoms with Gasteiger partial charge >= 0.3 is 5.97 Å². The van der Waals surface area contributed by atoms with Crippen molar-refractivity contribution in [2.24, 2.45) is 0 Å². The van der Waals surface area contributed by atoms with E-state index in [4.69, 9.17) is 4.74 Å². The van der Waals surface area contributed by atoms with Crippen molar-refractivity contribution in [1.29, 1.82) is 0 Å². The Kier molecular flexibility index (Phi) is 6.42. The van der Waals surface area contributed by atoms with Crippen LogP contribution in [-0.2, 0) is 14.3 Å². The normalized spacial score (nSPS) is 11.1. The lowest BCUT2D eigenvalue weighted by Gasteiger charge is -2.09. The Morgan fingerprint density at radius 1 is 1.27 bits per heavy atom. The highest BCUT2D eigenvalue weighted by atomic mass is 16.5. The third-order valence-corrected chi connectivity index (χ3v) is 1.66. The second-order valence-electron chi connectivity index (χ2n) is 3.40. The molecule has 0 bridgehead atoms. The second-order valence-corrected chi connectivity index (χ2v) is 3.40. The molecule has 0 aromatic heterocycles. The number of nitrogens with zero attached hydrogens (tertiary/aromatic N) is 1.